The second kappa shape index (κ2) is 6.71. The Morgan fingerprint density at radius 1 is 1.38 bits per heavy atom. The molecular weight excluding hydrogens is 264 g/mol. The van der Waals surface area contributed by atoms with Gasteiger partial charge in [-0.3, -0.25) is 0 Å². The lowest BCUT2D eigenvalue weighted by Crippen LogP contribution is -2.37. The Kier molecular flexibility index (Phi) is 5.17. The predicted molar refractivity (Wildman–Crippen MR) is 84.9 cm³/mol. The van der Waals surface area contributed by atoms with Crippen LogP contribution in [0.25, 0.3) is 0 Å². The Balaban J connectivity index is 2.42. The quantitative estimate of drug-likeness (QED) is 0.643. The number of ether oxygens (including phenoxy) is 1. The number of hydrogen-bond donors (Lipinski definition) is 2. The third-order valence-corrected chi connectivity index (χ3v) is 4.40. The molecule has 0 amide bonds. The summed E-state index contributed by atoms with van der Waals surface area (Å²) in [6.45, 7) is 9.27. The molecule has 0 atom stereocenters. The van der Waals surface area contributed by atoms with Crippen molar-refractivity contribution in [3.8, 4) is 0 Å². The maximum atomic E-state index is 6.15. The maximum absolute atomic E-state index is 6.15. The minimum atomic E-state index is -0.349. The first-order chi connectivity index (χ1) is 10.0. The zero-order valence-corrected chi connectivity index (χ0v) is 13.6. The van der Waals surface area contributed by atoms with Crippen molar-refractivity contribution in [3.05, 3.63) is 17.6 Å². The number of nitrogens with one attached hydrogen (secondary N) is 1. The molecule has 0 saturated heterocycles. The van der Waals surface area contributed by atoms with Crippen LogP contribution >= 0.6 is 0 Å². The van der Waals surface area contributed by atoms with Gasteiger partial charge < -0.3 is 10.2 Å². The number of hydrazine groups is 1. The van der Waals surface area contributed by atoms with Gasteiger partial charge in [0.25, 0.3) is 0 Å². The second-order valence-electron chi connectivity index (χ2n) is 6.41. The topological polar surface area (TPSA) is 73.1 Å². The zero-order chi connectivity index (χ0) is 15.5. The molecule has 1 fully saturated rings. The van der Waals surface area contributed by atoms with Crippen LogP contribution < -0.4 is 11.3 Å². The van der Waals surface area contributed by atoms with Gasteiger partial charge in [0.2, 0.25) is 0 Å². The van der Waals surface area contributed by atoms with Gasteiger partial charge in [-0.25, -0.2) is 15.8 Å². The first-order valence-corrected chi connectivity index (χ1v) is 8.00. The second-order valence-corrected chi connectivity index (χ2v) is 6.41. The van der Waals surface area contributed by atoms with E-state index < -0.39 is 0 Å². The maximum Gasteiger partial charge on any atom is 0.162 e. The number of aromatic nitrogens is 2. The summed E-state index contributed by atoms with van der Waals surface area (Å²) in [5.41, 5.74) is 3.32. The van der Waals surface area contributed by atoms with E-state index in [4.69, 9.17) is 15.6 Å². The Labute approximate surface area is 127 Å². The highest BCUT2D eigenvalue weighted by atomic mass is 16.5. The summed E-state index contributed by atoms with van der Waals surface area (Å²) in [5, 5.41) is 0. The van der Waals surface area contributed by atoms with Crippen LogP contribution in [-0.4, -0.2) is 16.6 Å². The van der Waals surface area contributed by atoms with E-state index in [9.17, 15) is 0 Å². The third kappa shape index (κ3) is 3.52. The average Bonchev–Trinajstić information content (AvgIpc) is 2.49. The number of nitrogens with two attached hydrogens (primary N) is 1. The Hall–Kier alpha value is -1.20. The molecule has 0 radical (unpaired) electrons. The molecule has 1 aliphatic carbocycles. The lowest BCUT2D eigenvalue weighted by atomic mass is 9.78. The molecular formula is C16H28N4O. The van der Waals surface area contributed by atoms with Crippen molar-refractivity contribution in [1.29, 1.82) is 0 Å². The van der Waals surface area contributed by atoms with E-state index in [1.165, 1.54) is 0 Å². The third-order valence-electron chi connectivity index (χ3n) is 4.40. The molecule has 1 aromatic rings. The predicted octanol–water partition coefficient (Wildman–Crippen LogP) is 3.33. The van der Waals surface area contributed by atoms with Crippen molar-refractivity contribution < 1.29 is 4.74 Å². The van der Waals surface area contributed by atoms with Crippen LogP contribution in [0.4, 0.5) is 5.82 Å². The fourth-order valence-electron chi connectivity index (χ4n) is 2.98. The number of hydrogen-bond acceptors (Lipinski definition) is 5. The molecule has 0 aliphatic heterocycles. The largest absolute Gasteiger partial charge is 0.367 e. The summed E-state index contributed by atoms with van der Waals surface area (Å²) in [6.07, 6.45) is 4.27. The van der Waals surface area contributed by atoms with Crippen molar-refractivity contribution in [2.75, 3.05) is 12.0 Å². The van der Waals surface area contributed by atoms with Gasteiger partial charge in [0.1, 0.15) is 11.4 Å². The van der Waals surface area contributed by atoms with Crippen LogP contribution in [0.3, 0.4) is 0 Å². The molecule has 118 valence electrons. The fraction of sp³-hybridized carbons (Fsp3) is 0.750. The standard InChI is InChI=1S/C16H28N4O/c1-5-21-16(8-6-12(4)7-9-16)15-18-13(11(2)3)10-14(19-15)20-17/h10-12H,5-9,17H2,1-4H3,(H,18,19,20). The van der Waals surface area contributed by atoms with E-state index in [1.54, 1.807) is 0 Å². The number of anilines is 1. The van der Waals surface area contributed by atoms with Crippen LogP contribution in [0.15, 0.2) is 6.07 Å². The van der Waals surface area contributed by atoms with Gasteiger partial charge in [-0.05, 0) is 44.4 Å². The van der Waals surface area contributed by atoms with Crippen LogP contribution in [0.1, 0.15) is 70.8 Å². The van der Waals surface area contributed by atoms with E-state index in [0.717, 1.165) is 43.1 Å². The molecule has 0 aromatic carbocycles. The average molecular weight is 292 g/mol. The first-order valence-electron chi connectivity index (χ1n) is 8.00. The van der Waals surface area contributed by atoms with E-state index in [-0.39, 0.29) is 5.60 Å². The highest BCUT2D eigenvalue weighted by Gasteiger charge is 2.39. The van der Waals surface area contributed by atoms with Gasteiger partial charge in [0, 0.05) is 18.4 Å². The minimum Gasteiger partial charge on any atom is -0.367 e. The van der Waals surface area contributed by atoms with Crippen molar-refractivity contribution in [2.24, 2.45) is 11.8 Å². The van der Waals surface area contributed by atoms with E-state index in [2.05, 4.69) is 31.2 Å². The lowest BCUT2D eigenvalue weighted by molar-refractivity contribution is -0.0837. The summed E-state index contributed by atoms with van der Waals surface area (Å²) in [7, 11) is 0. The van der Waals surface area contributed by atoms with Crippen molar-refractivity contribution >= 4 is 5.82 Å². The summed E-state index contributed by atoms with van der Waals surface area (Å²) in [5.74, 6) is 8.11. The molecule has 1 saturated carbocycles. The van der Waals surface area contributed by atoms with Gasteiger partial charge in [-0.2, -0.15) is 0 Å². The summed E-state index contributed by atoms with van der Waals surface area (Å²) in [6, 6.07) is 1.92. The minimum absolute atomic E-state index is 0.333. The van der Waals surface area contributed by atoms with E-state index >= 15 is 0 Å². The molecule has 0 spiro atoms. The van der Waals surface area contributed by atoms with Gasteiger partial charge >= 0.3 is 0 Å². The van der Waals surface area contributed by atoms with Crippen molar-refractivity contribution in [3.63, 3.8) is 0 Å². The zero-order valence-electron chi connectivity index (χ0n) is 13.6. The molecule has 3 N–H and O–H groups in total. The highest BCUT2D eigenvalue weighted by Crippen LogP contribution is 2.41. The van der Waals surface area contributed by atoms with Crippen molar-refractivity contribution in [2.45, 2.75) is 64.9 Å². The Morgan fingerprint density at radius 3 is 2.57 bits per heavy atom. The van der Waals surface area contributed by atoms with Gasteiger partial charge in [-0.1, -0.05) is 20.8 Å². The molecule has 1 heterocycles. The normalized spacial score (nSPS) is 26.1. The molecule has 0 bridgehead atoms. The SMILES string of the molecule is CCOC1(c2nc(NN)cc(C(C)C)n2)CCC(C)CC1. The van der Waals surface area contributed by atoms with E-state index in [0.29, 0.717) is 18.3 Å². The molecule has 1 aromatic heterocycles. The van der Waals surface area contributed by atoms with Crippen LogP contribution in [0.2, 0.25) is 0 Å². The van der Waals surface area contributed by atoms with Gasteiger partial charge in [-0.15, -0.1) is 0 Å². The molecule has 0 unspecified atom stereocenters. The smallest absolute Gasteiger partial charge is 0.162 e. The molecule has 21 heavy (non-hydrogen) atoms. The molecule has 5 nitrogen and oxygen atoms in total. The number of nitrogens with zero attached hydrogens (tertiary/aromatic N) is 2. The lowest BCUT2D eigenvalue weighted by Gasteiger charge is -2.38. The fourth-order valence-corrected chi connectivity index (χ4v) is 2.98. The Morgan fingerprint density at radius 2 is 2.05 bits per heavy atom. The van der Waals surface area contributed by atoms with E-state index in [1.807, 2.05) is 13.0 Å². The van der Waals surface area contributed by atoms with Gasteiger partial charge in [0.05, 0.1) is 0 Å². The monoisotopic (exact) mass is 292 g/mol. The summed E-state index contributed by atoms with van der Waals surface area (Å²) in [4.78, 5) is 9.39. The summed E-state index contributed by atoms with van der Waals surface area (Å²) < 4.78 is 6.15. The van der Waals surface area contributed by atoms with Crippen LogP contribution in [0, 0.1) is 5.92 Å². The van der Waals surface area contributed by atoms with Crippen LogP contribution in [0.5, 0.6) is 0 Å². The van der Waals surface area contributed by atoms with Gasteiger partial charge in [0.15, 0.2) is 5.82 Å². The molecule has 2 rings (SSSR count). The number of rotatable bonds is 5. The first kappa shape index (κ1) is 16.2. The van der Waals surface area contributed by atoms with Crippen LogP contribution in [-0.2, 0) is 10.3 Å². The van der Waals surface area contributed by atoms with Crippen molar-refractivity contribution in [1.82, 2.24) is 9.97 Å². The molecule has 1 aliphatic rings. The molecule has 5 heteroatoms. The number of nitrogen functional groups attached to an aromatic ring is 1. The summed E-state index contributed by atoms with van der Waals surface area (Å²) >= 11 is 0. The Bertz CT molecular complexity index is 467. The highest BCUT2D eigenvalue weighted by molar-refractivity contribution is 5.36.